The van der Waals surface area contributed by atoms with E-state index in [1.807, 2.05) is 0 Å². The molecular weight excluding hydrogens is 272 g/mol. The molecule has 1 atom stereocenters. The molecule has 0 aliphatic carbocycles. The van der Waals surface area contributed by atoms with Crippen molar-refractivity contribution in [2.24, 2.45) is 0 Å². The van der Waals surface area contributed by atoms with E-state index < -0.39 is 22.9 Å². The Kier molecular flexibility index (Phi) is 4.12. The van der Waals surface area contributed by atoms with E-state index in [1.165, 1.54) is 12.1 Å². The zero-order valence-electron chi connectivity index (χ0n) is 9.74. The van der Waals surface area contributed by atoms with Gasteiger partial charge in [0.15, 0.2) is 11.6 Å². The highest BCUT2D eigenvalue weighted by molar-refractivity contribution is 6.32. The molecule has 0 radical (unpaired) electrons. The molecule has 0 aromatic heterocycles. The average Bonchev–Trinajstić information content (AvgIpc) is 2.44. The summed E-state index contributed by atoms with van der Waals surface area (Å²) in [6.07, 6.45) is 0. The predicted octanol–water partition coefficient (Wildman–Crippen LogP) is 3.88. The number of hydrogen-bond acceptors (Lipinski definition) is 1. The number of alkyl halides is 1. The predicted molar refractivity (Wildman–Crippen MR) is 70.0 cm³/mol. The SMILES string of the molecule is O=C(Nc1cccc(F)c1F)C(Cl)c1ccccc1. The summed E-state index contributed by atoms with van der Waals surface area (Å²) in [6, 6.07) is 12.2. The van der Waals surface area contributed by atoms with Gasteiger partial charge in [-0.15, -0.1) is 11.6 Å². The summed E-state index contributed by atoms with van der Waals surface area (Å²) in [5, 5.41) is 1.29. The fraction of sp³-hybridized carbons (Fsp3) is 0.0714. The van der Waals surface area contributed by atoms with Crippen LogP contribution in [0, 0.1) is 11.6 Å². The van der Waals surface area contributed by atoms with Gasteiger partial charge in [0.1, 0.15) is 5.38 Å². The molecule has 2 nitrogen and oxygen atoms in total. The van der Waals surface area contributed by atoms with E-state index in [0.29, 0.717) is 5.56 Å². The first-order chi connectivity index (χ1) is 9.09. The summed E-state index contributed by atoms with van der Waals surface area (Å²) in [5.74, 6) is -2.74. The Morgan fingerprint density at radius 2 is 1.74 bits per heavy atom. The van der Waals surface area contributed by atoms with Gasteiger partial charge in [-0.25, -0.2) is 8.78 Å². The molecule has 0 saturated heterocycles. The first-order valence-corrected chi connectivity index (χ1v) is 5.97. The number of nitrogens with one attached hydrogen (secondary N) is 1. The molecule has 19 heavy (non-hydrogen) atoms. The van der Waals surface area contributed by atoms with Crippen molar-refractivity contribution in [1.29, 1.82) is 0 Å². The Morgan fingerprint density at radius 1 is 1.05 bits per heavy atom. The molecular formula is C14H10ClF2NO. The minimum absolute atomic E-state index is 0.230. The van der Waals surface area contributed by atoms with Gasteiger partial charge in [0.05, 0.1) is 5.69 Å². The second-order valence-electron chi connectivity index (χ2n) is 3.86. The number of amides is 1. The molecule has 1 unspecified atom stereocenters. The summed E-state index contributed by atoms with van der Waals surface area (Å²) in [5.41, 5.74) is 0.352. The fourth-order valence-corrected chi connectivity index (χ4v) is 1.77. The number of rotatable bonds is 3. The molecule has 0 fully saturated rings. The van der Waals surface area contributed by atoms with Gasteiger partial charge in [0.2, 0.25) is 5.91 Å². The van der Waals surface area contributed by atoms with Crippen LogP contribution in [0.2, 0.25) is 0 Å². The molecule has 1 N–H and O–H groups in total. The maximum atomic E-state index is 13.4. The average molecular weight is 282 g/mol. The lowest BCUT2D eigenvalue weighted by molar-refractivity contribution is -0.116. The topological polar surface area (TPSA) is 29.1 Å². The van der Waals surface area contributed by atoms with Crippen molar-refractivity contribution in [3.63, 3.8) is 0 Å². The minimum atomic E-state index is -1.10. The Morgan fingerprint density at radius 3 is 2.42 bits per heavy atom. The molecule has 1 amide bonds. The number of hydrogen-bond donors (Lipinski definition) is 1. The van der Waals surface area contributed by atoms with E-state index in [4.69, 9.17) is 11.6 Å². The van der Waals surface area contributed by atoms with Crippen LogP contribution in [0.1, 0.15) is 10.9 Å². The van der Waals surface area contributed by atoms with Gasteiger partial charge in [0.25, 0.3) is 0 Å². The third-order valence-corrected chi connectivity index (χ3v) is 2.98. The molecule has 98 valence electrons. The van der Waals surface area contributed by atoms with Gasteiger partial charge < -0.3 is 5.32 Å². The number of halogens is 3. The lowest BCUT2D eigenvalue weighted by atomic mass is 10.1. The Bertz CT molecular complexity index is 589. The van der Waals surface area contributed by atoms with Crippen LogP contribution >= 0.6 is 11.6 Å². The van der Waals surface area contributed by atoms with Crippen LogP contribution in [-0.2, 0) is 4.79 Å². The number of carbonyl (C=O) groups is 1. The standard InChI is InChI=1S/C14H10ClF2NO/c15-12(9-5-2-1-3-6-9)14(19)18-11-8-4-7-10(16)13(11)17/h1-8,12H,(H,18,19). The van der Waals surface area contributed by atoms with Gasteiger partial charge in [0, 0.05) is 0 Å². The van der Waals surface area contributed by atoms with Crippen molar-refractivity contribution < 1.29 is 13.6 Å². The Labute approximate surface area is 114 Å². The van der Waals surface area contributed by atoms with Crippen LogP contribution in [-0.4, -0.2) is 5.91 Å². The molecule has 0 bridgehead atoms. The molecule has 2 rings (SSSR count). The summed E-state index contributed by atoms with van der Waals surface area (Å²) in [4.78, 5) is 11.8. The van der Waals surface area contributed by atoms with Crippen LogP contribution in [0.25, 0.3) is 0 Å². The highest BCUT2D eigenvalue weighted by Crippen LogP contribution is 2.23. The van der Waals surface area contributed by atoms with E-state index >= 15 is 0 Å². The van der Waals surface area contributed by atoms with Gasteiger partial charge >= 0.3 is 0 Å². The molecule has 0 saturated carbocycles. The fourth-order valence-electron chi connectivity index (χ4n) is 1.57. The van der Waals surface area contributed by atoms with Crippen molar-refractivity contribution in [3.05, 3.63) is 65.7 Å². The molecule has 0 aliphatic rings. The molecule has 5 heteroatoms. The smallest absolute Gasteiger partial charge is 0.247 e. The second kappa shape index (κ2) is 5.80. The number of anilines is 1. The Hall–Kier alpha value is -1.94. The van der Waals surface area contributed by atoms with E-state index in [-0.39, 0.29) is 5.69 Å². The lowest BCUT2D eigenvalue weighted by Gasteiger charge is -2.11. The van der Waals surface area contributed by atoms with Crippen molar-refractivity contribution in [2.75, 3.05) is 5.32 Å². The molecule has 0 aliphatic heterocycles. The first kappa shape index (κ1) is 13.5. The van der Waals surface area contributed by atoms with Crippen LogP contribution in [0.3, 0.4) is 0 Å². The van der Waals surface area contributed by atoms with Gasteiger partial charge in [-0.1, -0.05) is 36.4 Å². The van der Waals surface area contributed by atoms with Gasteiger partial charge in [-0.05, 0) is 17.7 Å². The third kappa shape index (κ3) is 3.09. The zero-order chi connectivity index (χ0) is 13.8. The van der Waals surface area contributed by atoms with Crippen molar-refractivity contribution in [3.8, 4) is 0 Å². The van der Waals surface area contributed by atoms with Crippen LogP contribution in [0.5, 0.6) is 0 Å². The summed E-state index contributed by atoms with van der Waals surface area (Å²) in [7, 11) is 0. The molecule has 0 spiro atoms. The van der Waals surface area contributed by atoms with Crippen molar-refractivity contribution in [1.82, 2.24) is 0 Å². The summed E-state index contributed by atoms with van der Waals surface area (Å²) in [6.45, 7) is 0. The van der Waals surface area contributed by atoms with Crippen LogP contribution in [0.15, 0.2) is 48.5 Å². The summed E-state index contributed by atoms with van der Waals surface area (Å²) < 4.78 is 26.4. The zero-order valence-corrected chi connectivity index (χ0v) is 10.5. The van der Waals surface area contributed by atoms with Crippen LogP contribution < -0.4 is 5.32 Å². The Balaban J connectivity index is 2.15. The number of benzene rings is 2. The molecule has 2 aromatic rings. The lowest BCUT2D eigenvalue weighted by Crippen LogP contribution is -2.18. The quantitative estimate of drug-likeness (QED) is 0.850. The second-order valence-corrected chi connectivity index (χ2v) is 4.30. The van der Waals surface area contributed by atoms with E-state index in [0.717, 1.165) is 6.07 Å². The van der Waals surface area contributed by atoms with Gasteiger partial charge in [-0.3, -0.25) is 4.79 Å². The molecule has 2 aromatic carbocycles. The van der Waals surface area contributed by atoms with Gasteiger partial charge in [-0.2, -0.15) is 0 Å². The largest absolute Gasteiger partial charge is 0.322 e. The third-order valence-electron chi connectivity index (χ3n) is 2.53. The van der Waals surface area contributed by atoms with E-state index in [2.05, 4.69) is 5.32 Å². The van der Waals surface area contributed by atoms with E-state index in [9.17, 15) is 13.6 Å². The first-order valence-electron chi connectivity index (χ1n) is 5.53. The maximum Gasteiger partial charge on any atom is 0.247 e. The maximum absolute atomic E-state index is 13.4. The normalized spacial score (nSPS) is 11.9. The monoisotopic (exact) mass is 281 g/mol. The van der Waals surface area contributed by atoms with Crippen molar-refractivity contribution >= 4 is 23.2 Å². The minimum Gasteiger partial charge on any atom is -0.322 e. The summed E-state index contributed by atoms with van der Waals surface area (Å²) >= 11 is 5.97. The van der Waals surface area contributed by atoms with Crippen molar-refractivity contribution in [2.45, 2.75) is 5.38 Å². The highest BCUT2D eigenvalue weighted by atomic mass is 35.5. The number of carbonyl (C=O) groups excluding carboxylic acids is 1. The molecule has 0 heterocycles. The van der Waals surface area contributed by atoms with Crippen LogP contribution in [0.4, 0.5) is 14.5 Å². The highest BCUT2D eigenvalue weighted by Gasteiger charge is 2.19. The van der Waals surface area contributed by atoms with E-state index in [1.54, 1.807) is 30.3 Å².